The van der Waals surface area contributed by atoms with E-state index in [1.807, 2.05) is 32.9 Å². The summed E-state index contributed by atoms with van der Waals surface area (Å²) in [4.78, 5) is 0. The first-order valence-corrected chi connectivity index (χ1v) is 45.7. The van der Waals surface area contributed by atoms with Crippen molar-refractivity contribution in [3.63, 3.8) is 0 Å². The second kappa shape index (κ2) is 56.8. The van der Waals surface area contributed by atoms with Crippen molar-refractivity contribution in [2.75, 3.05) is 39.6 Å². The van der Waals surface area contributed by atoms with Gasteiger partial charge >= 0.3 is 23.0 Å². The summed E-state index contributed by atoms with van der Waals surface area (Å²) >= 11 is 0. The number of hydrogen-bond acceptors (Lipinski definition) is 12. The highest BCUT2D eigenvalue weighted by molar-refractivity contribution is 7.53. The molecule has 0 spiro atoms. The quantitative estimate of drug-likeness (QED) is 0.0424. The summed E-state index contributed by atoms with van der Waals surface area (Å²) in [7, 11) is -10.3. The van der Waals surface area contributed by atoms with Crippen LogP contribution in [-0.4, -0.2) is 50.3 Å². The van der Waals surface area contributed by atoms with Crippen molar-refractivity contribution >= 4 is 23.0 Å². The molecule has 0 aromatic heterocycles. The Bertz CT molecular complexity index is 2590. The van der Waals surface area contributed by atoms with Crippen LogP contribution in [0.3, 0.4) is 0 Å². The number of benzene rings is 3. The monoisotopic (exact) mass is 1460 g/mol. The number of ether oxygens (including phenoxy) is 1. The summed E-state index contributed by atoms with van der Waals surface area (Å²) in [6, 6.07) is 12.5. The number of hydrogen-bond donors (Lipinski definition) is 1. The molecule has 0 unspecified atom stereocenters. The lowest BCUT2D eigenvalue weighted by molar-refractivity contribution is 0.128. The minimum absolute atomic E-state index is 0.131. The third kappa shape index (κ3) is 45.1. The fraction of sp³-hybridized carbons (Fsp3) is 0.788. The van der Waals surface area contributed by atoms with Gasteiger partial charge in [0.15, 0.2) is 0 Å². The molecule has 0 aliphatic rings. The fourth-order valence-corrected chi connectivity index (χ4v) is 16.8. The molecule has 0 amide bonds. The van der Waals surface area contributed by atoms with E-state index >= 15 is 0 Å². The lowest BCUT2D eigenvalue weighted by Crippen LogP contribution is -2.24. The van der Waals surface area contributed by atoms with E-state index in [1.165, 1.54) is 165 Å². The zero-order chi connectivity index (χ0) is 74.7. The number of rotatable bonds is 58. The van der Waals surface area contributed by atoms with Gasteiger partial charge in [-0.3, -0.25) is 18.2 Å². The van der Waals surface area contributed by atoms with Gasteiger partial charge in [-0.05, 0) is 144 Å². The van der Waals surface area contributed by atoms with E-state index in [-0.39, 0.29) is 23.7 Å². The van der Waals surface area contributed by atoms with Crippen LogP contribution in [0.4, 0.5) is 0 Å². The molecule has 0 radical (unpaired) electrons. The van der Waals surface area contributed by atoms with Crippen molar-refractivity contribution in [2.24, 2.45) is 0 Å². The predicted molar refractivity (Wildman–Crippen MR) is 429 cm³/mol. The minimum atomic E-state index is -3.66. The summed E-state index contributed by atoms with van der Waals surface area (Å²) in [5, 5.41) is 10.6. The summed E-state index contributed by atoms with van der Waals surface area (Å²) in [6.07, 6.45) is 42.1. The van der Waals surface area contributed by atoms with Gasteiger partial charge in [-0.2, -0.15) is 0 Å². The second-order valence-corrected chi connectivity index (χ2v) is 36.2. The lowest BCUT2D eigenvalue weighted by Gasteiger charge is -2.27. The van der Waals surface area contributed by atoms with E-state index in [9.17, 15) is 18.8 Å². The highest BCUT2D eigenvalue weighted by Gasteiger charge is 2.32. The third-order valence-corrected chi connectivity index (χ3v) is 23.4. The summed E-state index contributed by atoms with van der Waals surface area (Å²) in [6.45, 7) is 43.1. The molecule has 0 atom stereocenters. The van der Waals surface area contributed by atoms with Crippen molar-refractivity contribution in [3.8, 4) is 17.2 Å². The second-order valence-electron chi connectivity index (χ2n) is 30.5. The van der Waals surface area contributed by atoms with Crippen molar-refractivity contribution in [1.29, 1.82) is 0 Å². The Morgan fingerprint density at radius 2 is 0.570 bits per heavy atom. The third-order valence-electron chi connectivity index (χ3n) is 18.2. The number of aryl methyl sites for hydroxylation is 4. The van der Waals surface area contributed by atoms with Gasteiger partial charge in [0.05, 0.1) is 52.0 Å². The number of phenolic OH excluding ortho intramolecular Hbond substituents is 1. The maximum Gasteiger partial charge on any atom is 0.530 e. The van der Waals surface area contributed by atoms with Gasteiger partial charge in [0, 0.05) is 11.1 Å². The maximum absolute atomic E-state index is 14.1. The van der Waals surface area contributed by atoms with E-state index < -0.39 is 23.0 Å². The lowest BCUT2D eigenvalue weighted by atomic mass is 9.97. The van der Waals surface area contributed by atoms with Gasteiger partial charge in [-0.25, -0.2) is 4.57 Å². The Kier molecular flexibility index (Phi) is 54.2. The molecular formula is C85H155O12P3. The number of aromatic hydroxyl groups is 1. The number of phenols is 1. The number of phosphoric ester groups is 1. The highest BCUT2D eigenvalue weighted by atomic mass is 31.2. The molecule has 0 aliphatic carbocycles. The molecule has 0 bridgehead atoms. The van der Waals surface area contributed by atoms with Crippen LogP contribution in [0.5, 0.6) is 17.2 Å². The van der Waals surface area contributed by atoms with Gasteiger partial charge < -0.3 is 32.5 Å². The first-order chi connectivity index (χ1) is 47.7. The van der Waals surface area contributed by atoms with Crippen LogP contribution < -0.4 is 9.26 Å². The molecule has 582 valence electrons. The van der Waals surface area contributed by atoms with E-state index in [0.717, 1.165) is 116 Å². The molecule has 3 rings (SSSR count). The Morgan fingerprint density at radius 3 is 0.860 bits per heavy atom. The smallest absolute Gasteiger partial charge is 0.507 e. The largest absolute Gasteiger partial charge is 0.530 e. The van der Waals surface area contributed by atoms with Crippen LogP contribution in [0.2, 0.25) is 0 Å². The van der Waals surface area contributed by atoms with Crippen molar-refractivity contribution in [1.82, 2.24) is 0 Å². The highest BCUT2D eigenvalue weighted by Crippen LogP contribution is 2.56. The van der Waals surface area contributed by atoms with Crippen molar-refractivity contribution in [3.05, 3.63) is 86.5 Å². The van der Waals surface area contributed by atoms with Crippen LogP contribution >= 0.6 is 23.0 Å². The van der Waals surface area contributed by atoms with Gasteiger partial charge in [0.25, 0.3) is 0 Å². The predicted octanol–water partition coefficient (Wildman–Crippen LogP) is 29.7. The normalized spacial score (nSPS) is 12.2. The molecule has 1 N–H and O–H groups in total. The molecule has 3 aromatic rings. The minimum Gasteiger partial charge on any atom is -0.507 e. The molecule has 3 aromatic carbocycles. The topological polar surface area (TPSA) is 145 Å². The Balaban J connectivity index is 0.000000752. The molecule has 100 heavy (non-hydrogen) atoms. The van der Waals surface area contributed by atoms with Gasteiger partial charge in [-0.15, -0.1) is 0 Å². The Labute approximate surface area is 616 Å². The molecular weight excluding hydrogens is 1310 g/mol. The van der Waals surface area contributed by atoms with Crippen LogP contribution in [0.25, 0.3) is 0 Å². The SMILES string of the molecule is CCCCCCCCOP(=O)(Cc1cc(C(C)C)cc(C)c1O)OCCCCCCCC.CCCCCCCCOP(=O)(Cc1cc(C(C)C)cc(C)c1OC(C)(C)C)OCCCCCCCC.CCCCCCCCOP(=O)(OCCCCCCCC)Oc1c(C)cc(C(C)C)cc1C. The average Bonchev–Trinajstić information content (AvgIpc) is 0.821. The first kappa shape index (κ1) is 95.5. The standard InChI is InChI=1S/C31H57O4P.2C27H49O4P/c1-9-11-13-15-17-19-21-33-36(32,34-22-20-18-16-14-12-10-2)25-29-24-28(26(3)4)23-27(5)30(29)35-31(6,7)8;1-7-9-11-13-15-17-19-29-32(28,30-20-18-16-14-12-10-8-2)31-27-24(5)21-26(23(3)4)22-25(27)6;1-6-8-10-12-14-16-18-30-32(29,31-19-17-15-13-11-9-7-2)22-26-21-25(23(3)4)20-24(5)27(26)28/h23-24,26H,9-22,25H2,1-8H3;21-23H,7-20H2,1-6H3;20-21,23,28H,6-19,22H2,1-5H3. The van der Waals surface area contributed by atoms with E-state index in [4.69, 9.17) is 36.4 Å². The number of phosphoric acid groups is 1. The summed E-state index contributed by atoms with van der Waals surface area (Å²) < 4.78 is 89.1. The van der Waals surface area contributed by atoms with E-state index in [1.54, 1.807) is 0 Å². The number of unbranched alkanes of at least 4 members (excludes halogenated alkanes) is 30. The first-order valence-electron chi connectivity index (χ1n) is 40.8. The van der Waals surface area contributed by atoms with Crippen LogP contribution in [0.15, 0.2) is 36.4 Å². The maximum atomic E-state index is 14.1. The fourth-order valence-electron chi connectivity index (χ4n) is 11.9. The van der Waals surface area contributed by atoms with Crippen molar-refractivity contribution < 1.29 is 55.2 Å². The van der Waals surface area contributed by atoms with E-state index in [2.05, 4.69) is 135 Å². The van der Waals surface area contributed by atoms with Gasteiger partial charge in [0.2, 0.25) is 0 Å². The average molecular weight is 1460 g/mol. The van der Waals surface area contributed by atoms with Crippen LogP contribution in [0.1, 0.15) is 403 Å². The van der Waals surface area contributed by atoms with Crippen LogP contribution in [0, 0.1) is 27.7 Å². The summed E-state index contributed by atoms with van der Waals surface area (Å²) in [5.41, 5.74) is 8.70. The Hall–Kier alpha value is -2.49. The van der Waals surface area contributed by atoms with Crippen molar-refractivity contribution in [2.45, 2.75) is 398 Å². The molecule has 0 saturated carbocycles. The van der Waals surface area contributed by atoms with E-state index in [0.29, 0.717) is 68.7 Å². The molecule has 12 nitrogen and oxygen atoms in total. The molecule has 0 fully saturated rings. The van der Waals surface area contributed by atoms with Gasteiger partial charge in [0.1, 0.15) is 22.8 Å². The van der Waals surface area contributed by atoms with Crippen LogP contribution in [-0.2, 0) is 53.2 Å². The summed E-state index contributed by atoms with van der Waals surface area (Å²) in [5.74, 6) is 2.79. The molecule has 0 saturated heterocycles. The molecule has 0 heterocycles. The Morgan fingerprint density at radius 1 is 0.330 bits per heavy atom. The zero-order valence-corrected chi connectivity index (χ0v) is 70.8. The molecule has 15 heteroatoms. The molecule has 0 aliphatic heterocycles. The zero-order valence-electron chi connectivity index (χ0n) is 68.1. The van der Waals surface area contributed by atoms with Gasteiger partial charge in [-0.1, -0.05) is 312 Å².